The first kappa shape index (κ1) is 26.0. The highest BCUT2D eigenvalue weighted by atomic mass is 16.7. The van der Waals surface area contributed by atoms with Crippen LogP contribution in [0, 0.1) is 16.0 Å². The Morgan fingerprint density at radius 3 is 2.23 bits per heavy atom. The van der Waals surface area contributed by atoms with Gasteiger partial charge in [-0.25, -0.2) is 9.96 Å². The molecule has 0 N–H and O–H groups in total. The molecule has 2 saturated heterocycles. The number of nitro groups is 1. The van der Waals surface area contributed by atoms with E-state index in [9.17, 15) is 19.7 Å². The number of hydroxylamine groups is 1. The molecule has 0 spiro atoms. The largest absolute Gasteiger partial charge is 0.493 e. The number of non-ortho nitro benzene ring substituents is 1. The average Bonchev–Trinajstić information content (AvgIpc) is 3.47. The Morgan fingerprint density at radius 1 is 0.897 bits per heavy atom. The molecule has 39 heavy (non-hydrogen) atoms. The molecule has 0 unspecified atom stereocenters. The third kappa shape index (κ3) is 4.20. The van der Waals surface area contributed by atoms with Gasteiger partial charge in [0.1, 0.15) is 12.0 Å². The van der Waals surface area contributed by atoms with Crippen molar-refractivity contribution in [2.45, 2.75) is 25.5 Å². The van der Waals surface area contributed by atoms with Crippen molar-refractivity contribution in [2.24, 2.45) is 5.92 Å². The summed E-state index contributed by atoms with van der Waals surface area (Å²) in [5, 5.41) is 12.9. The van der Waals surface area contributed by atoms with Gasteiger partial charge in [0.05, 0.1) is 37.6 Å². The number of imide groups is 1. The molecule has 11 heteroatoms. The highest BCUT2D eigenvalue weighted by molar-refractivity contribution is 6.24. The lowest BCUT2D eigenvalue weighted by molar-refractivity contribution is -0.384. The van der Waals surface area contributed by atoms with Crippen LogP contribution in [0.1, 0.15) is 24.1 Å². The number of benzene rings is 3. The number of methoxy groups -OCH3 is 3. The molecule has 2 heterocycles. The number of hydrogen-bond donors (Lipinski definition) is 0. The van der Waals surface area contributed by atoms with Gasteiger partial charge in [0.15, 0.2) is 17.6 Å². The number of fused-ring (bicyclic) bond motifs is 1. The second kappa shape index (κ2) is 10.3. The molecule has 3 aromatic carbocycles. The first-order chi connectivity index (χ1) is 18.8. The number of carbonyl (C=O) groups excluding carboxylic acids is 2. The van der Waals surface area contributed by atoms with Gasteiger partial charge in [0, 0.05) is 17.7 Å². The lowest BCUT2D eigenvalue weighted by Gasteiger charge is -2.30. The lowest BCUT2D eigenvalue weighted by atomic mass is 9.89. The Bertz CT molecular complexity index is 1440. The molecule has 5 rings (SSSR count). The average molecular weight is 534 g/mol. The van der Waals surface area contributed by atoms with Gasteiger partial charge in [0.2, 0.25) is 11.7 Å². The Hall–Kier alpha value is -4.64. The predicted octanol–water partition coefficient (Wildman–Crippen LogP) is 4.23. The number of ether oxygens (including phenoxy) is 3. The summed E-state index contributed by atoms with van der Waals surface area (Å²) in [5.74, 6) is -0.969. The zero-order valence-electron chi connectivity index (χ0n) is 21.8. The van der Waals surface area contributed by atoms with E-state index in [4.69, 9.17) is 19.0 Å². The maximum Gasteiger partial charge on any atom is 0.271 e. The van der Waals surface area contributed by atoms with Crippen molar-refractivity contribution in [2.75, 3.05) is 31.3 Å². The summed E-state index contributed by atoms with van der Waals surface area (Å²) >= 11 is 0. The van der Waals surface area contributed by atoms with Crippen molar-refractivity contribution in [1.29, 1.82) is 0 Å². The molecule has 0 radical (unpaired) electrons. The van der Waals surface area contributed by atoms with Gasteiger partial charge in [-0.05, 0) is 42.3 Å². The minimum absolute atomic E-state index is 0.165. The van der Waals surface area contributed by atoms with Crippen molar-refractivity contribution in [3.05, 3.63) is 81.9 Å². The molecule has 2 aliphatic heterocycles. The van der Waals surface area contributed by atoms with Gasteiger partial charge < -0.3 is 14.2 Å². The van der Waals surface area contributed by atoms with Crippen LogP contribution < -0.4 is 24.2 Å². The number of anilines is 2. The molecular formula is C28H27N3O8. The fourth-order valence-electron chi connectivity index (χ4n) is 5.19. The Balaban J connectivity index is 1.66. The normalized spacial score (nSPS) is 20.3. The molecule has 2 fully saturated rings. The SMILES string of the molecule is CCc1ccc(N2C(=O)[C@@H]3[C@H](ON(c4cccc([N+](=O)[O-])c4)[C@@H]3c3ccc(OC)c(OC)c3OC)C2=O)cc1. The maximum absolute atomic E-state index is 14.0. The van der Waals surface area contributed by atoms with E-state index in [-0.39, 0.29) is 11.4 Å². The van der Waals surface area contributed by atoms with Crippen molar-refractivity contribution < 1.29 is 33.6 Å². The molecule has 0 aliphatic carbocycles. The highest BCUT2D eigenvalue weighted by Gasteiger charge is 2.61. The molecule has 3 aromatic rings. The van der Waals surface area contributed by atoms with Gasteiger partial charge in [-0.3, -0.25) is 24.5 Å². The summed E-state index contributed by atoms with van der Waals surface area (Å²) in [5.41, 5.74) is 2.14. The van der Waals surface area contributed by atoms with Crippen LogP contribution in [0.4, 0.5) is 17.1 Å². The summed E-state index contributed by atoms with van der Waals surface area (Å²) in [4.78, 5) is 45.9. The van der Waals surface area contributed by atoms with Crippen LogP contribution in [0.5, 0.6) is 17.2 Å². The topological polar surface area (TPSA) is 121 Å². The first-order valence-electron chi connectivity index (χ1n) is 12.3. The van der Waals surface area contributed by atoms with Crippen LogP contribution in [0.25, 0.3) is 0 Å². The maximum atomic E-state index is 14.0. The smallest absolute Gasteiger partial charge is 0.271 e. The van der Waals surface area contributed by atoms with E-state index in [1.807, 2.05) is 19.1 Å². The van der Waals surface area contributed by atoms with Crippen LogP contribution in [-0.4, -0.2) is 44.2 Å². The second-order valence-electron chi connectivity index (χ2n) is 9.05. The van der Waals surface area contributed by atoms with Gasteiger partial charge in [0.25, 0.3) is 11.6 Å². The predicted molar refractivity (Wildman–Crippen MR) is 141 cm³/mol. The van der Waals surface area contributed by atoms with E-state index in [1.165, 1.54) is 44.6 Å². The van der Waals surface area contributed by atoms with Crippen molar-refractivity contribution in [3.63, 3.8) is 0 Å². The van der Waals surface area contributed by atoms with Crippen molar-refractivity contribution >= 4 is 28.9 Å². The van der Waals surface area contributed by atoms with Crippen LogP contribution in [-0.2, 0) is 20.8 Å². The second-order valence-corrected chi connectivity index (χ2v) is 9.05. The van der Waals surface area contributed by atoms with Gasteiger partial charge in [-0.1, -0.05) is 25.1 Å². The number of hydrogen-bond acceptors (Lipinski definition) is 9. The van der Waals surface area contributed by atoms with Crippen LogP contribution in [0.3, 0.4) is 0 Å². The van der Waals surface area contributed by atoms with E-state index in [0.29, 0.717) is 28.4 Å². The summed E-state index contributed by atoms with van der Waals surface area (Å²) in [6.07, 6.45) is -0.346. The summed E-state index contributed by atoms with van der Waals surface area (Å²) < 4.78 is 16.7. The summed E-state index contributed by atoms with van der Waals surface area (Å²) in [6, 6.07) is 15.5. The Kier molecular flexibility index (Phi) is 6.83. The number of aryl methyl sites for hydroxylation is 1. The highest BCUT2D eigenvalue weighted by Crippen LogP contribution is 2.52. The zero-order valence-corrected chi connectivity index (χ0v) is 21.8. The fraction of sp³-hybridized carbons (Fsp3) is 0.286. The molecule has 0 saturated carbocycles. The van der Waals surface area contributed by atoms with Crippen molar-refractivity contribution in [1.82, 2.24) is 0 Å². The van der Waals surface area contributed by atoms with Crippen molar-refractivity contribution in [3.8, 4) is 17.2 Å². The third-order valence-corrected chi connectivity index (χ3v) is 7.07. The van der Waals surface area contributed by atoms with E-state index >= 15 is 0 Å². The molecule has 2 amide bonds. The molecule has 2 aliphatic rings. The third-order valence-electron chi connectivity index (χ3n) is 7.07. The number of nitrogens with zero attached hydrogens (tertiary/aromatic N) is 3. The zero-order chi connectivity index (χ0) is 27.8. The van der Waals surface area contributed by atoms with Crippen LogP contribution in [0.2, 0.25) is 0 Å². The Morgan fingerprint density at radius 2 is 1.62 bits per heavy atom. The lowest BCUT2D eigenvalue weighted by Crippen LogP contribution is -2.37. The van der Waals surface area contributed by atoms with Crippen LogP contribution in [0.15, 0.2) is 60.7 Å². The quantitative estimate of drug-likeness (QED) is 0.238. The van der Waals surface area contributed by atoms with E-state index in [1.54, 1.807) is 30.3 Å². The van der Waals surface area contributed by atoms with Gasteiger partial charge in [-0.2, -0.15) is 0 Å². The minimum Gasteiger partial charge on any atom is -0.493 e. The molecular weight excluding hydrogens is 506 g/mol. The van der Waals surface area contributed by atoms with E-state index in [2.05, 4.69) is 0 Å². The monoisotopic (exact) mass is 533 g/mol. The molecule has 0 aromatic heterocycles. The standard InChI is InChI=1S/C28H27N3O8/c1-5-16-9-11-17(12-10-16)29-27(32)22-23(20-13-14-21(36-2)25(38-4)24(20)37-3)30(39-26(22)28(29)33)18-7-6-8-19(15-18)31(34)35/h6-15,22-23,26H,5H2,1-4H3/t22-,23+,26-/m0/s1. The number of amides is 2. The summed E-state index contributed by atoms with van der Waals surface area (Å²) in [7, 11) is 4.40. The number of rotatable bonds is 8. The molecule has 202 valence electrons. The molecule has 11 nitrogen and oxygen atoms in total. The summed E-state index contributed by atoms with van der Waals surface area (Å²) in [6.45, 7) is 2.02. The minimum atomic E-state index is -1.16. The Labute approximate surface area is 224 Å². The van der Waals surface area contributed by atoms with E-state index < -0.39 is 34.8 Å². The molecule has 0 bridgehead atoms. The van der Waals surface area contributed by atoms with Gasteiger partial charge in [-0.15, -0.1) is 0 Å². The first-order valence-corrected chi connectivity index (χ1v) is 12.3. The molecule has 3 atom stereocenters. The van der Waals surface area contributed by atoms with E-state index in [0.717, 1.165) is 16.9 Å². The van der Waals surface area contributed by atoms with Gasteiger partial charge >= 0.3 is 0 Å². The fourth-order valence-corrected chi connectivity index (χ4v) is 5.19. The van der Waals surface area contributed by atoms with Crippen LogP contribution >= 0.6 is 0 Å². The number of carbonyl (C=O) groups is 2. The number of nitro benzene ring substituents is 1.